The quantitative estimate of drug-likeness (QED) is 0.579. The summed E-state index contributed by atoms with van der Waals surface area (Å²) in [6.07, 6.45) is 3.65. The fourth-order valence-corrected chi connectivity index (χ4v) is 4.44. The Hall–Kier alpha value is -3.60. The summed E-state index contributed by atoms with van der Waals surface area (Å²) >= 11 is 6.51. The topological polar surface area (TPSA) is 53.4 Å². The van der Waals surface area contributed by atoms with E-state index >= 15 is 4.39 Å². The molecule has 2 aromatic carbocycles. The summed E-state index contributed by atoms with van der Waals surface area (Å²) in [7, 11) is 1.90. The van der Waals surface area contributed by atoms with Gasteiger partial charge in [-0.3, -0.25) is 9.36 Å². The third kappa shape index (κ3) is 3.48. The van der Waals surface area contributed by atoms with Gasteiger partial charge in [0.25, 0.3) is 5.91 Å². The lowest BCUT2D eigenvalue weighted by molar-refractivity contribution is -0.123. The number of fused-ring (bicyclic) bond motifs is 1. The zero-order valence-electron chi connectivity index (χ0n) is 18.4. The standard InChI is InChI=1S/C25H21ClFN5O/c1-25(2)23(33)31(24-28-14-21(32(24)25)18-13-29-30(3)15-18)22-19(26)11-17(12-20(22)27)10-9-16-7-5-4-6-8-16/h4-8,11-12,14-15,29H,13H2,1-3H3. The van der Waals surface area contributed by atoms with Gasteiger partial charge in [-0.15, -0.1) is 0 Å². The van der Waals surface area contributed by atoms with Crippen molar-refractivity contribution in [3.63, 3.8) is 0 Å². The normalized spacial score (nSPS) is 16.5. The van der Waals surface area contributed by atoms with Crippen molar-refractivity contribution in [3.8, 4) is 11.8 Å². The summed E-state index contributed by atoms with van der Waals surface area (Å²) in [5.74, 6) is 5.31. The molecule has 3 heterocycles. The molecule has 1 amide bonds. The summed E-state index contributed by atoms with van der Waals surface area (Å²) in [5, 5.41) is 1.94. The first-order valence-corrected chi connectivity index (χ1v) is 10.8. The van der Waals surface area contributed by atoms with Gasteiger partial charge in [-0.2, -0.15) is 0 Å². The molecule has 0 bridgehead atoms. The van der Waals surface area contributed by atoms with Gasteiger partial charge in [0.2, 0.25) is 5.95 Å². The number of aromatic nitrogens is 2. The maximum atomic E-state index is 15.4. The van der Waals surface area contributed by atoms with Crippen LogP contribution in [0.3, 0.4) is 0 Å². The Labute approximate surface area is 196 Å². The molecule has 1 N–H and O–H groups in total. The van der Waals surface area contributed by atoms with Crippen molar-refractivity contribution in [2.75, 3.05) is 18.5 Å². The van der Waals surface area contributed by atoms with Gasteiger partial charge in [0.15, 0.2) is 0 Å². The molecule has 0 spiro atoms. The van der Waals surface area contributed by atoms with E-state index in [4.69, 9.17) is 11.6 Å². The lowest BCUT2D eigenvalue weighted by Crippen LogP contribution is -2.37. The largest absolute Gasteiger partial charge is 0.318 e. The number of imidazole rings is 1. The number of nitrogens with one attached hydrogen (secondary N) is 1. The molecular formula is C25H21ClFN5O. The molecular weight excluding hydrogens is 441 g/mol. The zero-order chi connectivity index (χ0) is 23.3. The van der Waals surface area contributed by atoms with E-state index in [9.17, 15) is 4.79 Å². The molecule has 8 heteroatoms. The molecule has 5 rings (SSSR count). The van der Waals surface area contributed by atoms with Gasteiger partial charge in [-0.05, 0) is 38.1 Å². The highest BCUT2D eigenvalue weighted by Gasteiger charge is 2.48. The van der Waals surface area contributed by atoms with E-state index in [2.05, 4.69) is 22.3 Å². The van der Waals surface area contributed by atoms with Crippen molar-refractivity contribution >= 4 is 34.7 Å². The molecule has 0 aliphatic carbocycles. The minimum absolute atomic E-state index is 0.0217. The zero-order valence-corrected chi connectivity index (χ0v) is 19.1. The predicted molar refractivity (Wildman–Crippen MR) is 126 cm³/mol. The lowest BCUT2D eigenvalue weighted by Gasteiger charge is -2.22. The van der Waals surface area contributed by atoms with Crippen molar-refractivity contribution in [3.05, 3.63) is 82.5 Å². The second-order valence-corrected chi connectivity index (χ2v) is 8.89. The van der Waals surface area contributed by atoms with E-state index in [-0.39, 0.29) is 16.6 Å². The number of hydrogen-bond donors (Lipinski definition) is 1. The van der Waals surface area contributed by atoms with Gasteiger partial charge >= 0.3 is 0 Å². The van der Waals surface area contributed by atoms with Gasteiger partial charge in [0, 0.05) is 36.5 Å². The van der Waals surface area contributed by atoms with E-state index in [1.807, 2.05) is 53.2 Å². The number of carbonyl (C=O) groups is 1. The number of hydrogen-bond acceptors (Lipinski definition) is 4. The lowest BCUT2D eigenvalue weighted by atomic mass is 10.0. The van der Waals surface area contributed by atoms with Crippen molar-refractivity contribution in [2.45, 2.75) is 19.4 Å². The number of nitrogens with zero attached hydrogens (tertiary/aromatic N) is 4. The van der Waals surface area contributed by atoms with Crippen LogP contribution in [0.5, 0.6) is 0 Å². The van der Waals surface area contributed by atoms with Crippen LogP contribution in [0.4, 0.5) is 16.0 Å². The maximum absolute atomic E-state index is 15.4. The molecule has 33 heavy (non-hydrogen) atoms. The van der Waals surface area contributed by atoms with Crippen LogP contribution in [0.2, 0.25) is 5.02 Å². The minimum atomic E-state index is -0.968. The minimum Gasteiger partial charge on any atom is -0.318 e. The van der Waals surface area contributed by atoms with Gasteiger partial charge in [0.05, 0.1) is 16.9 Å². The highest BCUT2D eigenvalue weighted by atomic mass is 35.5. The summed E-state index contributed by atoms with van der Waals surface area (Å²) < 4.78 is 17.2. The number of benzene rings is 2. The molecule has 0 saturated carbocycles. The molecule has 2 aliphatic heterocycles. The fraction of sp³-hybridized carbons (Fsp3) is 0.200. The Morgan fingerprint density at radius 2 is 1.88 bits per heavy atom. The summed E-state index contributed by atoms with van der Waals surface area (Å²) in [5.41, 5.74) is 5.21. The number of anilines is 2. The average Bonchev–Trinajstić information content (AvgIpc) is 3.45. The molecule has 6 nitrogen and oxygen atoms in total. The number of rotatable bonds is 2. The van der Waals surface area contributed by atoms with Gasteiger partial charge < -0.3 is 5.01 Å². The first-order valence-electron chi connectivity index (χ1n) is 10.4. The molecule has 3 aromatic rings. The van der Waals surface area contributed by atoms with E-state index in [1.54, 1.807) is 26.1 Å². The summed E-state index contributed by atoms with van der Waals surface area (Å²) in [4.78, 5) is 19.2. The molecule has 0 fully saturated rings. The fourth-order valence-electron chi connectivity index (χ4n) is 4.15. The Kier molecular flexibility index (Phi) is 5.00. The van der Waals surface area contributed by atoms with Crippen LogP contribution in [0.15, 0.2) is 54.9 Å². The van der Waals surface area contributed by atoms with E-state index in [0.29, 0.717) is 18.1 Å². The molecule has 0 atom stereocenters. The van der Waals surface area contributed by atoms with Crippen LogP contribution < -0.4 is 10.3 Å². The van der Waals surface area contributed by atoms with Crippen LogP contribution in [0, 0.1) is 17.7 Å². The number of hydrazine groups is 1. The smallest absolute Gasteiger partial charge is 0.259 e. The van der Waals surface area contributed by atoms with Crippen molar-refractivity contribution < 1.29 is 9.18 Å². The Morgan fingerprint density at radius 3 is 2.55 bits per heavy atom. The Bertz CT molecular complexity index is 1340. The SMILES string of the molecule is CN1C=C(c2cnc3n2C(C)(C)C(=O)N3c2c(F)cc(C#Cc3ccccc3)cc2Cl)CN1. The van der Waals surface area contributed by atoms with Crippen LogP contribution in [-0.2, 0) is 10.3 Å². The van der Waals surface area contributed by atoms with Gasteiger partial charge in [-0.1, -0.05) is 41.6 Å². The van der Waals surface area contributed by atoms with Crippen LogP contribution in [0.25, 0.3) is 5.57 Å². The molecule has 0 unspecified atom stereocenters. The monoisotopic (exact) mass is 461 g/mol. The highest BCUT2D eigenvalue weighted by molar-refractivity contribution is 6.34. The second-order valence-electron chi connectivity index (χ2n) is 8.48. The van der Waals surface area contributed by atoms with Crippen LogP contribution in [0.1, 0.15) is 30.7 Å². The van der Waals surface area contributed by atoms with E-state index in [1.165, 1.54) is 11.0 Å². The van der Waals surface area contributed by atoms with E-state index in [0.717, 1.165) is 16.8 Å². The average molecular weight is 462 g/mol. The molecule has 1 aromatic heterocycles. The van der Waals surface area contributed by atoms with Crippen molar-refractivity contribution in [1.82, 2.24) is 20.0 Å². The second kappa shape index (κ2) is 7.77. The number of amides is 1. The first kappa shape index (κ1) is 21.3. The van der Waals surface area contributed by atoms with Crippen molar-refractivity contribution in [1.29, 1.82) is 0 Å². The third-order valence-corrected chi connectivity index (χ3v) is 6.08. The highest BCUT2D eigenvalue weighted by Crippen LogP contribution is 2.45. The molecule has 166 valence electrons. The Balaban J connectivity index is 1.57. The van der Waals surface area contributed by atoms with Crippen LogP contribution in [-0.4, -0.2) is 34.1 Å². The van der Waals surface area contributed by atoms with Crippen molar-refractivity contribution in [2.24, 2.45) is 0 Å². The maximum Gasteiger partial charge on any atom is 0.259 e. The predicted octanol–water partition coefficient (Wildman–Crippen LogP) is 4.28. The molecule has 2 aliphatic rings. The summed E-state index contributed by atoms with van der Waals surface area (Å²) in [6.45, 7) is 4.19. The molecule has 0 radical (unpaired) electrons. The van der Waals surface area contributed by atoms with Gasteiger partial charge in [-0.25, -0.2) is 19.7 Å². The van der Waals surface area contributed by atoms with Gasteiger partial charge in [0.1, 0.15) is 17.0 Å². The van der Waals surface area contributed by atoms with E-state index < -0.39 is 11.4 Å². The molecule has 0 saturated heterocycles. The number of halogens is 2. The third-order valence-electron chi connectivity index (χ3n) is 5.79. The number of carbonyl (C=O) groups excluding carboxylic acids is 1. The summed E-state index contributed by atoms with van der Waals surface area (Å²) in [6, 6.07) is 12.3. The Morgan fingerprint density at radius 1 is 1.15 bits per heavy atom. The van der Waals surface area contributed by atoms with Crippen LogP contribution >= 0.6 is 11.6 Å². The first-order chi connectivity index (χ1) is 15.8.